The SMILES string of the molecule is COCc1cccc(OCC2(CN3CCN(CC(=O)Nc4ccc(F)cc4)CC3)CC2)c1. The molecule has 7 heteroatoms. The fourth-order valence-electron chi connectivity index (χ4n) is 4.17. The van der Waals surface area contributed by atoms with Crippen molar-refractivity contribution in [3.8, 4) is 5.75 Å². The first kappa shape index (κ1) is 22.7. The Labute approximate surface area is 189 Å². The van der Waals surface area contributed by atoms with E-state index in [1.54, 1.807) is 19.2 Å². The largest absolute Gasteiger partial charge is 0.493 e. The molecule has 6 nitrogen and oxygen atoms in total. The number of carbonyl (C=O) groups is 1. The van der Waals surface area contributed by atoms with Crippen molar-refractivity contribution in [3.63, 3.8) is 0 Å². The van der Waals surface area contributed by atoms with Crippen LogP contribution in [0.3, 0.4) is 0 Å². The van der Waals surface area contributed by atoms with E-state index in [0.29, 0.717) is 18.8 Å². The van der Waals surface area contributed by atoms with E-state index < -0.39 is 0 Å². The number of amides is 1. The molecule has 1 saturated heterocycles. The number of methoxy groups -OCH3 is 1. The highest BCUT2D eigenvalue weighted by Gasteiger charge is 2.45. The van der Waals surface area contributed by atoms with Gasteiger partial charge in [-0.05, 0) is 54.8 Å². The Balaban J connectivity index is 1.18. The van der Waals surface area contributed by atoms with Gasteiger partial charge in [0.05, 0.1) is 19.8 Å². The molecule has 2 aromatic carbocycles. The summed E-state index contributed by atoms with van der Waals surface area (Å²) < 4.78 is 24.3. The summed E-state index contributed by atoms with van der Waals surface area (Å²) >= 11 is 0. The van der Waals surface area contributed by atoms with Gasteiger partial charge in [0, 0.05) is 50.9 Å². The summed E-state index contributed by atoms with van der Waals surface area (Å²) in [6.45, 7) is 6.37. The maximum atomic E-state index is 13.0. The van der Waals surface area contributed by atoms with Crippen LogP contribution in [-0.2, 0) is 16.1 Å². The number of hydrogen-bond donors (Lipinski definition) is 1. The lowest BCUT2D eigenvalue weighted by Crippen LogP contribution is -2.50. The van der Waals surface area contributed by atoms with Crippen molar-refractivity contribution in [2.24, 2.45) is 5.41 Å². The van der Waals surface area contributed by atoms with Gasteiger partial charge in [0.2, 0.25) is 5.91 Å². The molecule has 0 spiro atoms. The van der Waals surface area contributed by atoms with Crippen LogP contribution in [0.1, 0.15) is 18.4 Å². The maximum Gasteiger partial charge on any atom is 0.238 e. The Morgan fingerprint density at radius 1 is 1.06 bits per heavy atom. The van der Waals surface area contributed by atoms with Gasteiger partial charge in [-0.25, -0.2) is 4.39 Å². The predicted octanol–water partition coefficient (Wildman–Crippen LogP) is 3.39. The smallest absolute Gasteiger partial charge is 0.238 e. The topological polar surface area (TPSA) is 54.0 Å². The van der Waals surface area contributed by atoms with Gasteiger partial charge >= 0.3 is 0 Å². The number of nitrogens with zero attached hydrogens (tertiary/aromatic N) is 2. The van der Waals surface area contributed by atoms with Gasteiger partial charge in [-0.1, -0.05) is 12.1 Å². The average Bonchev–Trinajstić information content (AvgIpc) is 3.55. The van der Waals surface area contributed by atoms with E-state index in [0.717, 1.165) is 50.6 Å². The third kappa shape index (κ3) is 6.51. The fraction of sp³-hybridized carbons (Fsp3) is 0.480. The van der Waals surface area contributed by atoms with E-state index in [-0.39, 0.29) is 17.1 Å². The quantitative estimate of drug-likeness (QED) is 0.613. The van der Waals surface area contributed by atoms with Crippen molar-refractivity contribution < 1.29 is 18.7 Å². The molecular formula is C25H32FN3O3. The van der Waals surface area contributed by atoms with Crippen LogP contribution < -0.4 is 10.1 Å². The van der Waals surface area contributed by atoms with Crippen LogP contribution in [0.4, 0.5) is 10.1 Å². The number of piperazine rings is 1. The lowest BCUT2D eigenvalue weighted by molar-refractivity contribution is -0.117. The highest BCUT2D eigenvalue weighted by molar-refractivity contribution is 5.92. The first-order valence-electron chi connectivity index (χ1n) is 11.2. The zero-order valence-electron chi connectivity index (χ0n) is 18.7. The molecule has 0 unspecified atom stereocenters. The summed E-state index contributed by atoms with van der Waals surface area (Å²) in [6.07, 6.45) is 2.40. The summed E-state index contributed by atoms with van der Waals surface area (Å²) in [5.74, 6) is 0.535. The number of halogens is 1. The first-order valence-corrected chi connectivity index (χ1v) is 11.2. The van der Waals surface area contributed by atoms with Crippen LogP contribution in [0.25, 0.3) is 0 Å². The fourth-order valence-corrected chi connectivity index (χ4v) is 4.17. The molecule has 0 aromatic heterocycles. The Bertz CT molecular complexity index is 894. The molecule has 1 amide bonds. The number of benzene rings is 2. The van der Waals surface area contributed by atoms with Crippen LogP contribution in [0.2, 0.25) is 0 Å². The van der Waals surface area contributed by atoms with Crippen LogP contribution in [0.5, 0.6) is 5.75 Å². The predicted molar refractivity (Wildman–Crippen MR) is 122 cm³/mol. The van der Waals surface area contributed by atoms with Crippen molar-refractivity contribution >= 4 is 11.6 Å². The lowest BCUT2D eigenvalue weighted by atomic mass is 10.1. The van der Waals surface area contributed by atoms with Crippen molar-refractivity contribution in [2.45, 2.75) is 19.4 Å². The van der Waals surface area contributed by atoms with E-state index in [9.17, 15) is 9.18 Å². The minimum atomic E-state index is -0.308. The molecule has 32 heavy (non-hydrogen) atoms. The molecule has 1 aliphatic heterocycles. The molecule has 1 heterocycles. The van der Waals surface area contributed by atoms with Crippen molar-refractivity contribution in [2.75, 3.05) is 58.3 Å². The summed E-state index contributed by atoms with van der Waals surface area (Å²) in [7, 11) is 1.70. The molecule has 1 aliphatic carbocycles. The van der Waals surface area contributed by atoms with Crippen LogP contribution >= 0.6 is 0 Å². The van der Waals surface area contributed by atoms with Crippen LogP contribution in [0, 0.1) is 11.2 Å². The van der Waals surface area contributed by atoms with E-state index >= 15 is 0 Å². The van der Waals surface area contributed by atoms with Crippen molar-refractivity contribution in [1.82, 2.24) is 9.80 Å². The molecular weight excluding hydrogens is 409 g/mol. The Morgan fingerprint density at radius 2 is 1.78 bits per heavy atom. The van der Waals surface area contributed by atoms with Gasteiger partial charge in [-0.3, -0.25) is 9.69 Å². The molecule has 2 aromatic rings. The monoisotopic (exact) mass is 441 g/mol. The average molecular weight is 442 g/mol. The van der Waals surface area contributed by atoms with E-state index in [2.05, 4.69) is 21.2 Å². The van der Waals surface area contributed by atoms with Gasteiger partial charge in [0.15, 0.2) is 0 Å². The maximum absolute atomic E-state index is 13.0. The number of rotatable bonds is 10. The normalized spacial score (nSPS) is 18.3. The lowest BCUT2D eigenvalue weighted by Gasteiger charge is -2.36. The minimum absolute atomic E-state index is 0.0622. The highest BCUT2D eigenvalue weighted by atomic mass is 19.1. The zero-order chi connectivity index (χ0) is 22.4. The summed E-state index contributed by atoms with van der Waals surface area (Å²) in [5.41, 5.74) is 1.99. The number of carbonyl (C=O) groups excluding carboxylic acids is 1. The minimum Gasteiger partial charge on any atom is -0.493 e. The summed E-state index contributed by atoms with van der Waals surface area (Å²) in [4.78, 5) is 17.0. The van der Waals surface area contributed by atoms with E-state index in [1.807, 2.05) is 18.2 Å². The summed E-state index contributed by atoms with van der Waals surface area (Å²) in [6, 6.07) is 14.0. The van der Waals surface area contributed by atoms with Crippen molar-refractivity contribution in [1.29, 1.82) is 0 Å². The molecule has 1 saturated carbocycles. The van der Waals surface area contributed by atoms with Crippen molar-refractivity contribution in [3.05, 3.63) is 59.9 Å². The molecule has 172 valence electrons. The molecule has 2 aliphatic rings. The van der Waals surface area contributed by atoms with Gasteiger partial charge in [0.1, 0.15) is 11.6 Å². The third-order valence-corrected chi connectivity index (χ3v) is 6.23. The Kier molecular flexibility index (Phi) is 7.40. The molecule has 0 atom stereocenters. The number of hydrogen-bond acceptors (Lipinski definition) is 5. The standard InChI is InChI=1S/C25H32FN3O3/c1-31-17-20-3-2-4-23(15-20)32-19-25(9-10-25)18-29-13-11-28(12-14-29)16-24(30)27-22-7-5-21(26)6-8-22/h2-8,15H,9-14,16-19H2,1H3,(H,27,30). The molecule has 0 radical (unpaired) electrons. The third-order valence-electron chi connectivity index (χ3n) is 6.23. The molecule has 1 N–H and O–H groups in total. The van der Waals surface area contributed by atoms with Gasteiger partial charge in [-0.2, -0.15) is 0 Å². The number of ether oxygens (including phenoxy) is 2. The summed E-state index contributed by atoms with van der Waals surface area (Å²) in [5, 5.41) is 2.83. The van der Waals surface area contributed by atoms with Crippen LogP contribution in [0.15, 0.2) is 48.5 Å². The molecule has 4 rings (SSSR count). The van der Waals surface area contributed by atoms with E-state index in [4.69, 9.17) is 9.47 Å². The Hall–Kier alpha value is -2.48. The zero-order valence-corrected chi connectivity index (χ0v) is 18.7. The molecule has 2 fully saturated rings. The van der Waals surface area contributed by atoms with Crippen LogP contribution in [-0.4, -0.2) is 68.7 Å². The first-order chi connectivity index (χ1) is 15.5. The van der Waals surface area contributed by atoms with Gasteiger partial charge < -0.3 is 19.7 Å². The molecule has 0 bridgehead atoms. The second-order valence-corrected chi connectivity index (χ2v) is 8.98. The highest BCUT2D eigenvalue weighted by Crippen LogP contribution is 2.46. The number of nitrogens with one attached hydrogen (secondary N) is 1. The second kappa shape index (κ2) is 10.4. The second-order valence-electron chi connectivity index (χ2n) is 8.98. The number of anilines is 1. The Morgan fingerprint density at radius 3 is 2.47 bits per heavy atom. The van der Waals surface area contributed by atoms with Gasteiger partial charge in [0.25, 0.3) is 0 Å². The van der Waals surface area contributed by atoms with E-state index in [1.165, 1.54) is 25.0 Å². The van der Waals surface area contributed by atoms with Gasteiger partial charge in [-0.15, -0.1) is 0 Å².